The Labute approximate surface area is 131 Å². The van der Waals surface area contributed by atoms with Gasteiger partial charge >= 0.3 is 0 Å². The molecule has 0 aliphatic heterocycles. The minimum absolute atomic E-state index is 0.0386. The molecule has 1 aromatic heterocycles. The summed E-state index contributed by atoms with van der Waals surface area (Å²) in [6.45, 7) is 8.37. The standard InChI is InChI=1S/C17H24N4O/c1-4-18-10-11-19-17(22)12-16-13(2)20-21(14(16)3)15-8-6-5-7-9-15/h5-9,18H,4,10-12H2,1-3H3,(H,19,22). The van der Waals surface area contributed by atoms with E-state index in [1.54, 1.807) is 0 Å². The van der Waals surface area contributed by atoms with Crippen molar-refractivity contribution >= 4 is 5.91 Å². The molecule has 5 heteroatoms. The lowest BCUT2D eigenvalue weighted by molar-refractivity contribution is -0.120. The summed E-state index contributed by atoms with van der Waals surface area (Å²) in [5, 5.41) is 10.7. The smallest absolute Gasteiger partial charge is 0.224 e. The third kappa shape index (κ3) is 3.95. The fourth-order valence-electron chi connectivity index (χ4n) is 2.44. The Morgan fingerprint density at radius 2 is 1.91 bits per heavy atom. The molecule has 1 amide bonds. The maximum absolute atomic E-state index is 12.0. The number of benzene rings is 1. The van der Waals surface area contributed by atoms with Gasteiger partial charge in [0.05, 0.1) is 17.8 Å². The summed E-state index contributed by atoms with van der Waals surface area (Å²) in [6, 6.07) is 9.98. The SMILES string of the molecule is CCNCCNC(=O)Cc1c(C)nn(-c2ccccc2)c1C. The van der Waals surface area contributed by atoms with Crippen LogP contribution in [0.4, 0.5) is 0 Å². The average molecular weight is 300 g/mol. The van der Waals surface area contributed by atoms with E-state index in [1.165, 1.54) is 0 Å². The molecule has 0 spiro atoms. The molecule has 2 rings (SSSR count). The van der Waals surface area contributed by atoms with Crippen molar-refractivity contribution in [1.29, 1.82) is 0 Å². The Kier molecular flexibility index (Phi) is 5.72. The average Bonchev–Trinajstić information content (AvgIpc) is 2.80. The fourth-order valence-corrected chi connectivity index (χ4v) is 2.44. The van der Waals surface area contributed by atoms with Gasteiger partial charge in [0, 0.05) is 24.3 Å². The van der Waals surface area contributed by atoms with Crippen molar-refractivity contribution in [3.05, 3.63) is 47.3 Å². The molecule has 0 bridgehead atoms. The van der Waals surface area contributed by atoms with Crippen LogP contribution in [0.3, 0.4) is 0 Å². The van der Waals surface area contributed by atoms with Gasteiger partial charge in [0.2, 0.25) is 5.91 Å². The number of likely N-dealkylation sites (N-methyl/N-ethyl adjacent to an activating group) is 1. The number of hydrogen-bond donors (Lipinski definition) is 2. The predicted molar refractivity (Wildman–Crippen MR) is 88.3 cm³/mol. The van der Waals surface area contributed by atoms with Gasteiger partial charge in [-0.25, -0.2) is 4.68 Å². The summed E-state index contributed by atoms with van der Waals surface area (Å²) in [4.78, 5) is 12.0. The summed E-state index contributed by atoms with van der Waals surface area (Å²) in [5.41, 5.74) is 3.94. The van der Waals surface area contributed by atoms with Crippen LogP contribution in [0.15, 0.2) is 30.3 Å². The fraction of sp³-hybridized carbons (Fsp3) is 0.412. The van der Waals surface area contributed by atoms with Crippen molar-refractivity contribution in [2.45, 2.75) is 27.2 Å². The van der Waals surface area contributed by atoms with Crippen molar-refractivity contribution < 1.29 is 4.79 Å². The molecule has 118 valence electrons. The Balaban J connectivity index is 2.06. The summed E-state index contributed by atoms with van der Waals surface area (Å²) in [6.07, 6.45) is 0.372. The highest BCUT2D eigenvalue weighted by molar-refractivity contribution is 5.79. The number of nitrogens with one attached hydrogen (secondary N) is 2. The zero-order valence-corrected chi connectivity index (χ0v) is 13.5. The number of rotatable bonds is 7. The Bertz CT molecular complexity index is 619. The number of carbonyl (C=O) groups is 1. The molecule has 0 radical (unpaired) electrons. The number of aryl methyl sites for hydroxylation is 1. The lowest BCUT2D eigenvalue weighted by Gasteiger charge is -2.07. The molecular formula is C17H24N4O. The van der Waals surface area contributed by atoms with Crippen LogP contribution in [0.25, 0.3) is 5.69 Å². The molecule has 0 aliphatic carbocycles. The maximum atomic E-state index is 12.0. The number of aromatic nitrogens is 2. The highest BCUT2D eigenvalue weighted by atomic mass is 16.1. The molecule has 0 atom stereocenters. The molecule has 1 aromatic carbocycles. The van der Waals surface area contributed by atoms with Crippen LogP contribution in [0, 0.1) is 13.8 Å². The predicted octanol–water partition coefficient (Wildman–Crippen LogP) is 1.76. The largest absolute Gasteiger partial charge is 0.355 e. The van der Waals surface area contributed by atoms with E-state index in [1.807, 2.05) is 55.8 Å². The first-order chi connectivity index (χ1) is 10.6. The van der Waals surface area contributed by atoms with Crippen LogP contribution in [-0.2, 0) is 11.2 Å². The molecule has 0 saturated heterocycles. The van der Waals surface area contributed by atoms with Crippen molar-refractivity contribution in [2.24, 2.45) is 0 Å². The summed E-state index contributed by atoms with van der Waals surface area (Å²) in [7, 11) is 0. The second-order valence-electron chi connectivity index (χ2n) is 5.28. The van der Waals surface area contributed by atoms with E-state index >= 15 is 0 Å². The van der Waals surface area contributed by atoms with Crippen LogP contribution < -0.4 is 10.6 Å². The molecule has 0 saturated carbocycles. The Hall–Kier alpha value is -2.14. The molecular weight excluding hydrogens is 276 g/mol. The quantitative estimate of drug-likeness (QED) is 0.766. The third-order valence-electron chi connectivity index (χ3n) is 3.65. The normalized spacial score (nSPS) is 10.7. The van der Waals surface area contributed by atoms with Crippen molar-refractivity contribution in [2.75, 3.05) is 19.6 Å². The Morgan fingerprint density at radius 1 is 1.18 bits per heavy atom. The number of carbonyl (C=O) groups excluding carboxylic acids is 1. The highest BCUT2D eigenvalue weighted by Gasteiger charge is 2.15. The van der Waals surface area contributed by atoms with E-state index in [4.69, 9.17) is 0 Å². The molecule has 0 unspecified atom stereocenters. The van der Waals surface area contributed by atoms with E-state index in [2.05, 4.69) is 15.7 Å². The monoisotopic (exact) mass is 300 g/mol. The molecule has 2 N–H and O–H groups in total. The molecule has 0 aliphatic rings. The number of para-hydroxylation sites is 1. The Morgan fingerprint density at radius 3 is 2.59 bits per heavy atom. The topological polar surface area (TPSA) is 58.9 Å². The van der Waals surface area contributed by atoms with E-state index in [-0.39, 0.29) is 5.91 Å². The number of hydrogen-bond acceptors (Lipinski definition) is 3. The van der Waals surface area contributed by atoms with Crippen LogP contribution in [0.2, 0.25) is 0 Å². The summed E-state index contributed by atoms with van der Waals surface area (Å²) in [5.74, 6) is 0.0386. The third-order valence-corrected chi connectivity index (χ3v) is 3.65. The highest BCUT2D eigenvalue weighted by Crippen LogP contribution is 2.18. The van der Waals surface area contributed by atoms with Crippen LogP contribution in [0.5, 0.6) is 0 Å². The summed E-state index contributed by atoms with van der Waals surface area (Å²) < 4.78 is 1.90. The van der Waals surface area contributed by atoms with Crippen molar-refractivity contribution in [1.82, 2.24) is 20.4 Å². The van der Waals surface area contributed by atoms with Crippen LogP contribution in [-0.4, -0.2) is 35.3 Å². The van der Waals surface area contributed by atoms with Gasteiger partial charge in [-0.3, -0.25) is 4.79 Å². The lowest BCUT2D eigenvalue weighted by Crippen LogP contribution is -2.32. The number of amides is 1. The number of nitrogens with zero attached hydrogens (tertiary/aromatic N) is 2. The zero-order valence-electron chi connectivity index (χ0n) is 13.5. The maximum Gasteiger partial charge on any atom is 0.224 e. The van der Waals surface area contributed by atoms with E-state index < -0.39 is 0 Å². The minimum Gasteiger partial charge on any atom is -0.355 e. The van der Waals surface area contributed by atoms with Gasteiger partial charge < -0.3 is 10.6 Å². The van der Waals surface area contributed by atoms with Crippen LogP contribution in [0.1, 0.15) is 23.9 Å². The molecule has 0 fully saturated rings. The first kappa shape index (κ1) is 16.2. The van der Waals surface area contributed by atoms with E-state index in [0.717, 1.165) is 35.7 Å². The van der Waals surface area contributed by atoms with Gasteiger partial charge in [-0.15, -0.1) is 0 Å². The van der Waals surface area contributed by atoms with Gasteiger partial charge in [-0.05, 0) is 32.5 Å². The molecule has 2 aromatic rings. The van der Waals surface area contributed by atoms with Gasteiger partial charge in [0.25, 0.3) is 0 Å². The lowest BCUT2D eigenvalue weighted by atomic mass is 10.1. The van der Waals surface area contributed by atoms with E-state index in [9.17, 15) is 4.79 Å². The summed E-state index contributed by atoms with van der Waals surface area (Å²) >= 11 is 0. The van der Waals surface area contributed by atoms with Gasteiger partial charge in [0.15, 0.2) is 0 Å². The second-order valence-corrected chi connectivity index (χ2v) is 5.28. The van der Waals surface area contributed by atoms with E-state index in [0.29, 0.717) is 13.0 Å². The van der Waals surface area contributed by atoms with Crippen molar-refractivity contribution in [3.8, 4) is 5.69 Å². The first-order valence-electron chi connectivity index (χ1n) is 7.71. The first-order valence-corrected chi connectivity index (χ1v) is 7.71. The van der Waals surface area contributed by atoms with Gasteiger partial charge in [-0.2, -0.15) is 5.10 Å². The molecule has 22 heavy (non-hydrogen) atoms. The van der Waals surface area contributed by atoms with Crippen molar-refractivity contribution in [3.63, 3.8) is 0 Å². The molecule has 5 nitrogen and oxygen atoms in total. The van der Waals surface area contributed by atoms with Crippen LogP contribution >= 0.6 is 0 Å². The van der Waals surface area contributed by atoms with Gasteiger partial charge in [0.1, 0.15) is 0 Å². The second kappa shape index (κ2) is 7.75. The zero-order chi connectivity index (χ0) is 15.9. The molecule has 1 heterocycles. The minimum atomic E-state index is 0.0386. The van der Waals surface area contributed by atoms with Gasteiger partial charge in [-0.1, -0.05) is 25.1 Å².